The van der Waals surface area contributed by atoms with Crippen molar-refractivity contribution in [2.45, 2.75) is 20.3 Å². The van der Waals surface area contributed by atoms with Crippen LogP contribution in [0.4, 0.5) is 0 Å². The highest BCUT2D eigenvalue weighted by Gasteiger charge is 2.36. The fourth-order valence-electron chi connectivity index (χ4n) is 1.99. The van der Waals surface area contributed by atoms with Crippen LogP contribution in [0.2, 0.25) is 0 Å². The number of hydrogen-bond acceptors (Lipinski definition) is 3. The van der Waals surface area contributed by atoms with Gasteiger partial charge in [-0.2, -0.15) is 0 Å². The molecule has 90 valence electrons. The summed E-state index contributed by atoms with van der Waals surface area (Å²) in [6, 6.07) is 0. The van der Waals surface area contributed by atoms with E-state index >= 15 is 0 Å². The fraction of sp³-hybridized carbons (Fsp3) is 0.615. The zero-order valence-electron chi connectivity index (χ0n) is 10.3. The van der Waals surface area contributed by atoms with E-state index in [1.165, 1.54) is 0 Å². The lowest BCUT2D eigenvalue weighted by Gasteiger charge is -2.36. The molecule has 3 heteroatoms. The van der Waals surface area contributed by atoms with Gasteiger partial charge in [0, 0.05) is 13.5 Å². The molecule has 1 rings (SSSR count). The molecule has 2 atom stereocenters. The molecule has 0 amide bonds. The summed E-state index contributed by atoms with van der Waals surface area (Å²) < 4.78 is 10.1. The molecule has 0 N–H and O–H groups in total. The zero-order valence-corrected chi connectivity index (χ0v) is 10.3. The predicted molar refractivity (Wildman–Crippen MR) is 63.0 cm³/mol. The summed E-state index contributed by atoms with van der Waals surface area (Å²) in [6.45, 7) is 8.70. The first-order valence-electron chi connectivity index (χ1n) is 5.47. The smallest absolute Gasteiger partial charge is 0.156 e. The second kappa shape index (κ2) is 5.41. The summed E-state index contributed by atoms with van der Waals surface area (Å²) in [4.78, 5) is 11.6. The van der Waals surface area contributed by atoms with Crippen molar-refractivity contribution in [3.05, 3.63) is 24.3 Å². The number of ether oxygens (including phenoxy) is 2. The molecule has 0 aliphatic heterocycles. The summed E-state index contributed by atoms with van der Waals surface area (Å²) in [5.74, 6) is 0.427. The Morgan fingerprint density at radius 3 is 2.94 bits per heavy atom. The third kappa shape index (κ3) is 2.80. The Morgan fingerprint density at radius 2 is 2.38 bits per heavy atom. The molecule has 0 aromatic heterocycles. The highest BCUT2D eigenvalue weighted by atomic mass is 16.7. The Kier molecular flexibility index (Phi) is 4.44. The maximum absolute atomic E-state index is 11.6. The quantitative estimate of drug-likeness (QED) is 0.408. The molecule has 1 aliphatic rings. The third-order valence-corrected chi connectivity index (χ3v) is 3.38. The maximum Gasteiger partial charge on any atom is 0.156 e. The maximum atomic E-state index is 11.6. The van der Waals surface area contributed by atoms with Crippen molar-refractivity contribution in [2.75, 3.05) is 20.5 Å². The van der Waals surface area contributed by atoms with Crippen LogP contribution in [0.3, 0.4) is 0 Å². The zero-order chi connectivity index (χ0) is 12.2. The first-order chi connectivity index (χ1) is 7.53. The largest absolute Gasteiger partial charge is 0.359 e. The molecular weight excluding hydrogens is 204 g/mol. The topological polar surface area (TPSA) is 35.5 Å². The van der Waals surface area contributed by atoms with Gasteiger partial charge < -0.3 is 9.47 Å². The van der Waals surface area contributed by atoms with Crippen molar-refractivity contribution in [1.82, 2.24) is 0 Å². The molecule has 0 bridgehead atoms. The van der Waals surface area contributed by atoms with Gasteiger partial charge in [0.05, 0.1) is 6.61 Å². The molecule has 3 nitrogen and oxygen atoms in total. The summed E-state index contributed by atoms with van der Waals surface area (Å²) in [7, 11) is 1.58. The molecule has 0 spiro atoms. The van der Waals surface area contributed by atoms with Crippen LogP contribution in [-0.4, -0.2) is 26.3 Å². The van der Waals surface area contributed by atoms with E-state index in [0.717, 1.165) is 5.57 Å². The number of ketones is 1. The monoisotopic (exact) mass is 224 g/mol. The SMILES string of the molecule is C=C[C@@]1(C)CC(=O)C=C(COCOC)[C@@H]1C. The first-order valence-corrected chi connectivity index (χ1v) is 5.47. The van der Waals surface area contributed by atoms with E-state index in [1.807, 2.05) is 6.08 Å². The van der Waals surface area contributed by atoms with Crippen molar-refractivity contribution in [3.63, 3.8) is 0 Å². The van der Waals surface area contributed by atoms with E-state index in [4.69, 9.17) is 9.47 Å². The van der Waals surface area contributed by atoms with Crippen LogP contribution in [0, 0.1) is 11.3 Å². The lowest BCUT2D eigenvalue weighted by molar-refractivity contribution is -0.117. The highest BCUT2D eigenvalue weighted by Crippen LogP contribution is 2.40. The molecule has 0 saturated carbocycles. The van der Waals surface area contributed by atoms with E-state index in [-0.39, 0.29) is 23.9 Å². The molecule has 0 aromatic carbocycles. The van der Waals surface area contributed by atoms with Crippen molar-refractivity contribution in [3.8, 4) is 0 Å². The van der Waals surface area contributed by atoms with Crippen LogP contribution < -0.4 is 0 Å². The van der Waals surface area contributed by atoms with Crippen LogP contribution >= 0.6 is 0 Å². The van der Waals surface area contributed by atoms with Crippen LogP contribution in [0.25, 0.3) is 0 Å². The number of carbonyl (C=O) groups is 1. The van der Waals surface area contributed by atoms with Crippen LogP contribution in [0.15, 0.2) is 24.3 Å². The highest BCUT2D eigenvalue weighted by molar-refractivity contribution is 5.92. The fourth-order valence-corrected chi connectivity index (χ4v) is 1.99. The van der Waals surface area contributed by atoms with Crippen molar-refractivity contribution < 1.29 is 14.3 Å². The molecular formula is C13H20O3. The van der Waals surface area contributed by atoms with E-state index in [2.05, 4.69) is 20.4 Å². The second-order valence-electron chi connectivity index (χ2n) is 4.55. The molecule has 0 aromatic rings. The van der Waals surface area contributed by atoms with Gasteiger partial charge in [-0.3, -0.25) is 4.79 Å². The molecule has 1 aliphatic carbocycles. The third-order valence-electron chi connectivity index (χ3n) is 3.38. The summed E-state index contributed by atoms with van der Waals surface area (Å²) in [6.07, 6.45) is 4.11. The predicted octanol–water partition coefficient (Wildman–Crippen LogP) is 2.33. The summed E-state index contributed by atoms with van der Waals surface area (Å²) in [5.41, 5.74) is 0.869. The van der Waals surface area contributed by atoms with E-state index in [0.29, 0.717) is 13.0 Å². The van der Waals surface area contributed by atoms with Crippen molar-refractivity contribution in [2.24, 2.45) is 11.3 Å². The lowest BCUT2D eigenvalue weighted by atomic mass is 9.68. The second-order valence-corrected chi connectivity index (χ2v) is 4.55. The van der Waals surface area contributed by atoms with Crippen LogP contribution in [-0.2, 0) is 14.3 Å². The molecule has 0 unspecified atom stereocenters. The minimum atomic E-state index is -0.155. The van der Waals surface area contributed by atoms with Crippen molar-refractivity contribution in [1.29, 1.82) is 0 Å². The normalized spacial score (nSPS) is 30.1. The van der Waals surface area contributed by atoms with Gasteiger partial charge >= 0.3 is 0 Å². The van der Waals surface area contributed by atoms with Gasteiger partial charge in [0.15, 0.2) is 5.78 Å². The van der Waals surface area contributed by atoms with Gasteiger partial charge in [-0.1, -0.05) is 19.9 Å². The van der Waals surface area contributed by atoms with Crippen molar-refractivity contribution >= 4 is 5.78 Å². The Balaban J connectivity index is 2.75. The average Bonchev–Trinajstić information content (AvgIpc) is 2.25. The van der Waals surface area contributed by atoms with Gasteiger partial charge in [0.2, 0.25) is 0 Å². The Hall–Kier alpha value is -0.930. The number of rotatable bonds is 5. The van der Waals surface area contributed by atoms with E-state index in [9.17, 15) is 4.79 Å². The molecule has 16 heavy (non-hydrogen) atoms. The molecule has 0 saturated heterocycles. The van der Waals surface area contributed by atoms with Gasteiger partial charge in [0.25, 0.3) is 0 Å². The van der Waals surface area contributed by atoms with Crippen LogP contribution in [0.1, 0.15) is 20.3 Å². The lowest BCUT2D eigenvalue weighted by Crippen LogP contribution is -2.33. The Morgan fingerprint density at radius 1 is 1.69 bits per heavy atom. The van der Waals surface area contributed by atoms with Crippen LogP contribution in [0.5, 0.6) is 0 Å². The van der Waals surface area contributed by atoms with Gasteiger partial charge in [-0.15, -0.1) is 6.58 Å². The summed E-state index contributed by atoms with van der Waals surface area (Å²) >= 11 is 0. The molecule has 0 fully saturated rings. The minimum absolute atomic E-state index is 0.150. The standard InChI is InChI=1S/C13H20O3/c1-5-13(3)7-12(14)6-11(10(13)2)8-16-9-15-4/h5-6,10H,1,7-9H2,2-4H3/t10-,13-/m0/s1. The Labute approximate surface area is 97.1 Å². The molecule has 0 heterocycles. The Bertz CT molecular complexity index is 306. The van der Waals surface area contributed by atoms with E-state index in [1.54, 1.807) is 13.2 Å². The number of hydrogen-bond donors (Lipinski definition) is 0. The minimum Gasteiger partial charge on any atom is -0.359 e. The summed E-state index contributed by atoms with van der Waals surface area (Å²) in [5, 5.41) is 0. The van der Waals surface area contributed by atoms with Gasteiger partial charge in [-0.25, -0.2) is 0 Å². The number of allylic oxidation sites excluding steroid dienone is 2. The van der Waals surface area contributed by atoms with Gasteiger partial charge in [-0.05, 0) is 23.0 Å². The molecule has 0 radical (unpaired) electrons. The number of methoxy groups -OCH3 is 1. The van der Waals surface area contributed by atoms with E-state index < -0.39 is 0 Å². The first kappa shape index (κ1) is 13.1. The number of carbonyl (C=O) groups excluding carboxylic acids is 1. The average molecular weight is 224 g/mol. The van der Waals surface area contributed by atoms with Gasteiger partial charge in [0.1, 0.15) is 6.79 Å².